The maximum atomic E-state index is 12.8. The van der Waals surface area contributed by atoms with Crippen molar-refractivity contribution in [3.63, 3.8) is 0 Å². The smallest absolute Gasteiger partial charge is 0.228 e. The van der Waals surface area contributed by atoms with Crippen LogP contribution in [0.5, 0.6) is 0 Å². The number of piperidine rings is 1. The summed E-state index contributed by atoms with van der Waals surface area (Å²) in [4.78, 5) is 31.6. The molecule has 1 N–H and O–H groups in total. The molecule has 0 bridgehead atoms. The van der Waals surface area contributed by atoms with Crippen LogP contribution in [0.4, 0.5) is 0 Å². The number of nitrogens with one attached hydrogen (secondary N) is 1. The largest absolute Gasteiger partial charge is 0.342 e. The number of thiazole rings is 1. The highest BCUT2D eigenvalue weighted by molar-refractivity contribution is 7.13. The van der Waals surface area contributed by atoms with Crippen LogP contribution in [-0.4, -0.2) is 43.8 Å². The molecule has 0 atom stereocenters. The molecule has 1 saturated heterocycles. The molecular weight excluding hydrogens is 382 g/mol. The number of aromatic nitrogens is 4. The fourth-order valence-electron chi connectivity index (χ4n) is 3.84. The fraction of sp³-hybridized carbons (Fsp3) is 0.273. The van der Waals surface area contributed by atoms with Crippen LogP contribution >= 0.6 is 11.3 Å². The Bertz CT molecular complexity index is 1100. The van der Waals surface area contributed by atoms with Gasteiger partial charge in [-0.25, -0.2) is 9.97 Å². The van der Waals surface area contributed by atoms with Crippen molar-refractivity contribution in [3.05, 3.63) is 65.7 Å². The summed E-state index contributed by atoms with van der Waals surface area (Å²) in [5.74, 6) is 1.57. The molecule has 0 aliphatic carbocycles. The molecule has 1 amide bonds. The maximum absolute atomic E-state index is 12.8. The second-order valence-electron chi connectivity index (χ2n) is 7.36. The summed E-state index contributed by atoms with van der Waals surface area (Å²) in [5, 5.41) is 2.88. The minimum Gasteiger partial charge on any atom is -0.342 e. The highest BCUT2D eigenvalue weighted by Crippen LogP contribution is 2.28. The number of hydrogen-bond acceptors (Lipinski definition) is 5. The summed E-state index contributed by atoms with van der Waals surface area (Å²) in [6.07, 6.45) is 5.77. The van der Waals surface area contributed by atoms with Gasteiger partial charge in [0.05, 0.1) is 23.1 Å². The van der Waals surface area contributed by atoms with Gasteiger partial charge in [0.15, 0.2) is 0 Å². The average Bonchev–Trinajstić information content (AvgIpc) is 3.41. The Labute approximate surface area is 172 Å². The topological polar surface area (TPSA) is 74.8 Å². The van der Waals surface area contributed by atoms with E-state index in [1.807, 2.05) is 40.6 Å². The molecule has 1 fully saturated rings. The van der Waals surface area contributed by atoms with Crippen molar-refractivity contribution in [1.29, 1.82) is 0 Å². The minimum absolute atomic E-state index is 0.149. The molecule has 7 heteroatoms. The zero-order chi connectivity index (χ0) is 19.6. The molecular formula is C22H21N5OS. The number of imidazole rings is 1. The Balaban J connectivity index is 1.20. The molecule has 29 heavy (non-hydrogen) atoms. The Morgan fingerprint density at radius 3 is 2.79 bits per heavy atom. The molecule has 4 aromatic rings. The SMILES string of the molecule is O=C(Cc1csc(-c2cccnc2)n1)N1CCC(c2nc3ccccc3[nH]2)CC1. The van der Waals surface area contributed by atoms with E-state index in [2.05, 4.69) is 21.0 Å². The molecule has 4 heterocycles. The van der Waals surface area contributed by atoms with Crippen molar-refractivity contribution < 1.29 is 4.79 Å². The van der Waals surface area contributed by atoms with E-state index in [0.29, 0.717) is 12.3 Å². The number of amides is 1. The Morgan fingerprint density at radius 1 is 1.14 bits per heavy atom. The number of likely N-dealkylation sites (tertiary alicyclic amines) is 1. The van der Waals surface area contributed by atoms with Crippen molar-refractivity contribution in [2.45, 2.75) is 25.2 Å². The Hall–Kier alpha value is -3.06. The number of pyridine rings is 1. The molecule has 0 spiro atoms. The van der Waals surface area contributed by atoms with Gasteiger partial charge in [0, 0.05) is 42.3 Å². The Kier molecular flexibility index (Phi) is 4.81. The first-order valence-electron chi connectivity index (χ1n) is 9.83. The van der Waals surface area contributed by atoms with Gasteiger partial charge in [0.2, 0.25) is 5.91 Å². The fourth-order valence-corrected chi connectivity index (χ4v) is 4.66. The molecule has 0 unspecified atom stereocenters. The van der Waals surface area contributed by atoms with Crippen molar-refractivity contribution >= 4 is 28.3 Å². The lowest BCUT2D eigenvalue weighted by molar-refractivity contribution is -0.131. The molecule has 1 aromatic carbocycles. The van der Waals surface area contributed by atoms with E-state index >= 15 is 0 Å². The summed E-state index contributed by atoms with van der Waals surface area (Å²) in [7, 11) is 0. The first kappa shape index (κ1) is 18.0. The Morgan fingerprint density at radius 2 is 2.00 bits per heavy atom. The third kappa shape index (κ3) is 3.78. The van der Waals surface area contributed by atoms with Crippen LogP contribution in [0.2, 0.25) is 0 Å². The zero-order valence-corrected chi connectivity index (χ0v) is 16.7. The van der Waals surface area contributed by atoms with E-state index in [4.69, 9.17) is 4.98 Å². The monoisotopic (exact) mass is 403 g/mol. The number of benzene rings is 1. The van der Waals surface area contributed by atoms with Crippen molar-refractivity contribution in [3.8, 4) is 10.6 Å². The van der Waals surface area contributed by atoms with Crippen molar-refractivity contribution in [2.75, 3.05) is 13.1 Å². The van der Waals surface area contributed by atoms with E-state index in [1.165, 1.54) is 0 Å². The lowest BCUT2D eigenvalue weighted by Crippen LogP contribution is -2.39. The summed E-state index contributed by atoms with van der Waals surface area (Å²) in [6, 6.07) is 12.0. The molecule has 1 aliphatic heterocycles. The van der Waals surface area contributed by atoms with Crippen molar-refractivity contribution in [1.82, 2.24) is 24.8 Å². The van der Waals surface area contributed by atoms with Crippen LogP contribution in [0, 0.1) is 0 Å². The van der Waals surface area contributed by atoms with Gasteiger partial charge in [-0.05, 0) is 37.1 Å². The molecule has 5 rings (SSSR count). The number of rotatable bonds is 4. The number of para-hydroxylation sites is 2. The lowest BCUT2D eigenvalue weighted by atomic mass is 9.96. The van der Waals surface area contributed by atoms with Gasteiger partial charge in [0.1, 0.15) is 10.8 Å². The van der Waals surface area contributed by atoms with Gasteiger partial charge in [-0.3, -0.25) is 9.78 Å². The van der Waals surface area contributed by atoms with Crippen LogP contribution in [0.15, 0.2) is 54.2 Å². The quantitative estimate of drug-likeness (QED) is 0.558. The van der Waals surface area contributed by atoms with E-state index in [9.17, 15) is 4.79 Å². The highest BCUT2D eigenvalue weighted by Gasteiger charge is 2.26. The van der Waals surface area contributed by atoms with Crippen LogP contribution in [0.3, 0.4) is 0 Å². The zero-order valence-electron chi connectivity index (χ0n) is 15.9. The number of fused-ring (bicyclic) bond motifs is 1. The van der Waals surface area contributed by atoms with E-state index in [-0.39, 0.29) is 5.91 Å². The van der Waals surface area contributed by atoms with Gasteiger partial charge in [0.25, 0.3) is 0 Å². The predicted molar refractivity (Wildman–Crippen MR) is 114 cm³/mol. The average molecular weight is 404 g/mol. The number of carbonyl (C=O) groups excluding carboxylic acids is 1. The molecule has 0 radical (unpaired) electrons. The molecule has 6 nitrogen and oxygen atoms in total. The first-order chi connectivity index (χ1) is 14.3. The van der Waals surface area contributed by atoms with Crippen molar-refractivity contribution in [2.24, 2.45) is 0 Å². The summed E-state index contributed by atoms with van der Waals surface area (Å²) < 4.78 is 0. The van der Waals surface area contributed by atoms with Gasteiger partial charge < -0.3 is 9.88 Å². The number of carbonyl (C=O) groups is 1. The minimum atomic E-state index is 0.149. The molecule has 0 saturated carbocycles. The number of nitrogens with zero attached hydrogens (tertiary/aromatic N) is 4. The third-order valence-corrected chi connectivity index (χ3v) is 6.37. The molecule has 3 aromatic heterocycles. The van der Waals surface area contributed by atoms with Crippen LogP contribution < -0.4 is 0 Å². The number of aromatic amines is 1. The first-order valence-corrected chi connectivity index (χ1v) is 10.7. The second-order valence-corrected chi connectivity index (χ2v) is 8.21. The van der Waals surface area contributed by atoms with Gasteiger partial charge in [-0.2, -0.15) is 0 Å². The second kappa shape index (κ2) is 7.75. The summed E-state index contributed by atoms with van der Waals surface area (Å²) >= 11 is 1.56. The summed E-state index contributed by atoms with van der Waals surface area (Å²) in [6.45, 7) is 1.53. The van der Waals surface area contributed by atoms with E-state index < -0.39 is 0 Å². The van der Waals surface area contributed by atoms with Crippen LogP contribution in [0.1, 0.15) is 30.3 Å². The molecule has 146 valence electrons. The maximum Gasteiger partial charge on any atom is 0.228 e. The van der Waals surface area contributed by atoms with Crippen LogP contribution in [0.25, 0.3) is 21.6 Å². The normalized spacial score (nSPS) is 15.1. The van der Waals surface area contributed by atoms with E-state index in [0.717, 1.165) is 59.1 Å². The third-order valence-electron chi connectivity index (χ3n) is 5.43. The number of H-pyrrole nitrogens is 1. The van der Waals surface area contributed by atoms with Crippen LogP contribution in [-0.2, 0) is 11.2 Å². The molecule has 1 aliphatic rings. The highest BCUT2D eigenvalue weighted by atomic mass is 32.1. The van der Waals surface area contributed by atoms with Gasteiger partial charge >= 0.3 is 0 Å². The summed E-state index contributed by atoms with van der Waals surface area (Å²) in [5.41, 5.74) is 3.91. The van der Waals surface area contributed by atoms with Gasteiger partial charge in [-0.15, -0.1) is 11.3 Å². The van der Waals surface area contributed by atoms with Gasteiger partial charge in [-0.1, -0.05) is 12.1 Å². The van der Waals surface area contributed by atoms with E-state index in [1.54, 1.807) is 23.7 Å². The number of hydrogen-bond donors (Lipinski definition) is 1. The lowest BCUT2D eigenvalue weighted by Gasteiger charge is -2.31. The predicted octanol–water partition coefficient (Wildman–Crippen LogP) is 4.03. The standard InChI is InChI=1S/C22H21N5OS/c28-20(12-17-14-29-22(24-17)16-4-3-9-23-13-16)27-10-7-15(8-11-27)21-25-18-5-1-2-6-19(18)26-21/h1-6,9,13-15H,7-8,10-12H2,(H,25,26).